The van der Waals surface area contributed by atoms with E-state index in [1.807, 2.05) is 24.3 Å². The number of Topliss-reactive ketones (excluding diaryl/α,β-unsaturated/α-hetero) is 1. The van der Waals surface area contributed by atoms with Gasteiger partial charge in [0.25, 0.3) is 0 Å². The summed E-state index contributed by atoms with van der Waals surface area (Å²) in [6.45, 7) is 0. The zero-order chi connectivity index (χ0) is 18.2. The Morgan fingerprint density at radius 3 is 2.56 bits per heavy atom. The van der Waals surface area contributed by atoms with Crippen molar-refractivity contribution in [3.8, 4) is 0 Å². The molecule has 2 N–H and O–H groups in total. The first-order valence-corrected chi connectivity index (χ1v) is 10.00. The van der Waals surface area contributed by atoms with Crippen LogP contribution in [0.2, 0.25) is 0 Å². The average Bonchev–Trinajstić information content (AvgIpc) is 3.17. The van der Waals surface area contributed by atoms with Crippen molar-refractivity contribution in [2.24, 2.45) is 0 Å². The lowest BCUT2D eigenvalue weighted by molar-refractivity contribution is -0.116. The van der Waals surface area contributed by atoms with Crippen molar-refractivity contribution < 1.29 is 4.79 Å². The van der Waals surface area contributed by atoms with Crippen LogP contribution in [0.4, 0.5) is 11.4 Å². The molecular weight excluding hydrogens is 354 g/mol. The Balaban J connectivity index is 1.63. The lowest BCUT2D eigenvalue weighted by atomic mass is 9.81. The maximum absolute atomic E-state index is 13.3. The quantitative estimate of drug-likeness (QED) is 0.654. The van der Waals surface area contributed by atoms with Gasteiger partial charge in [-0.1, -0.05) is 18.2 Å². The third-order valence-electron chi connectivity index (χ3n) is 5.29. The van der Waals surface area contributed by atoms with E-state index in [1.54, 1.807) is 23.7 Å². The van der Waals surface area contributed by atoms with Gasteiger partial charge in [-0.3, -0.25) is 9.78 Å². The molecule has 0 radical (unpaired) electrons. The lowest BCUT2D eigenvalue weighted by Crippen LogP contribution is -2.26. The minimum absolute atomic E-state index is 0.170. The van der Waals surface area contributed by atoms with Crippen molar-refractivity contribution in [2.45, 2.75) is 24.8 Å². The average molecular weight is 373 g/mol. The van der Waals surface area contributed by atoms with Crippen LogP contribution in [0.3, 0.4) is 0 Å². The first-order chi connectivity index (χ1) is 13.3. The van der Waals surface area contributed by atoms with Crippen LogP contribution in [-0.2, 0) is 4.79 Å². The van der Waals surface area contributed by atoms with Crippen LogP contribution in [0.1, 0.15) is 35.2 Å². The molecular formula is C22H19N3OS. The van der Waals surface area contributed by atoms with E-state index < -0.39 is 0 Å². The molecule has 5 heteroatoms. The number of benzene rings is 1. The number of fused-ring (bicyclic) bond motifs is 1. The molecule has 0 saturated heterocycles. The van der Waals surface area contributed by atoms with Gasteiger partial charge in [-0.15, -0.1) is 11.3 Å². The van der Waals surface area contributed by atoms with Gasteiger partial charge >= 0.3 is 0 Å². The summed E-state index contributed by atoms with van der Waals surface area (Å²) in [7, 11) is 0. The Kier molecular flexibility index (Phi) is 4.02. The van der Waals surface area contributed by atoms with E-state index in [9.17, 15) is 4.79 Å². The predicted molar refractivity (Wildman–Crippen MR) is 109 cm³/mol. The zero-order valence-electron chi connectivity index (χ0n) is 14.7. The predicted octanol–water partition coefficient (Wildman–Crippen LogP) is 5.12. The molecule has 1 aliphatic carbocycles. The second-order valence-electron chi connectivity index (χ2n) is 6.96. The Morgan fingerprint density at radius 1 is 0.963 bits per heavy atom. The van der Waals surface area contributed by atoms with E-state index in [-0.39, 0.29) is 17.7 Å². The van der Waals surface area contributed by atoms with Gasteiger partial charge in [-0.25, -0.2) is 0 Å². The number of ketones is 1. The third-order valence-corrected chi connectivity index (χ3v) is 6.33. The lowest BCUT2D eigenvalue weighted by Gasteiger charge is -2.29. The largest absolute Gasteiger partial charge is 0.372 e. The molecule has 1 aromatic carbocycles. The topological polar surface area (TPSA) is 54.0 Å². The summed E-state index contributed by atoms with van der Waals surface area (Å²) < 4.78 is 0. The van der Waals surface area contributed by atoms with E-state index in [0.717, 1.165) is 34.6 Å². The first kappa shape index (κ1) is 16.3. The number of hydrogen-bond donors (Lipinski definition) is 2. The van der Waals surface area contributed by atoms with Crippen molar-refractivity contribution >= 4 is 28.5 Å². The number of carbonyl (C=O) groups is 1. The molecule has 2 aliphatic rings. The number of para-hydroxylation sites is 2. The Morgan fingerprint density at radius 2 is 1.78 bits per heavy atom. The Bertz CT molecular complexity index is 1010. The van der Waals surface area contributed by atoms with E-state index in [4.69, 9.17) is 0 Å². The molecule has 0 unspecified atom stereocenters. The highest BCUT2D eigenvalue weighted by Gasteiger charge is 2.36. The molecule has 1 aliphatic heterocycles. The fraction of sp³-hybridized carbons (Fsp3) is 0.182. The molecule has 3 aromatic rings. The molecule has 2 atom stereocenters. The molecule has 0 spiro atoms. The van der Waals surface area contributed by atoms with Crippen LogP contribution in [-0.4, -0.2) is 10.8 Å². The Hall–Kier alpha value is -2.92. The molecule has 0 saturated carbocycles. The van der Waals surface area contributed by atoms with Crippen LogP contribution in [0.5, 0.6) is 0 Å². The number of carbonyl (C=O) groups excluding carboxylic acids is 1. The van der Waals surface area contributed by atoms with E-state index in [2.05, 4.69) is 45.3 Å². The molecule has 27 heavy (non-hydrogen) atoms. The molecule has 0 fully saturated rings. The smallest absolute Gasteiger partial charge is 0.163 e. The molecule has 134 valence electrons. The van der Waals surface area contributed by atoms with Crippen LogP contribution in [0, 0.1) is 0 Å². The maximum atomic E-state index is 13.3. The highest BCUT2D eigenvalue weighted by atomic mass is 32.1. The Labute approximate surface area is 162 Å². The number of thiophene rings is 1. The van der Waals surface area contributed by atoms with E-state index in [1.165, 1.54) is 4.88 Å². The molecule has 0 bridgehead atoms. The normalized spacial score (nSPS) is 21.6. The van der Waals surface area contributed by atoms with Gasteiger partial charge in [0.05, 0.1) is 17.4 Å². The van der Waals surface area contributed by atoms with E-state index in [0.29, 0.717) is 6.42 Å². The summed E-state index contributed by atoms with van der Waals surface area (Å²) in [6, 6.07) is 16.1. The summed E-state index contributed by atoms with van der Waals surface area (Å²) >= 11 is 1.73. The molecule has 2 aromatic heterocycles. The van der Waals surface area contributed by atoms with Crippen molar-refractivity contribution in [3.63, 3.8) is 0 Å². The minimum atomic E-state index is -0.170. The van der Waals surface area contributed by atoms with Crippen molar-refractivity contribution in [1.82, 2.24) is 4.98 Å². The van der Waals surface area contributed by atoms with E-state index >= 15 is 0 Å². The fourth-order valence-corrected chi connectivity index (χ4v) is 4.85. The maximum Gasteiger partial charge on any atom is 0.163 e. The second kappa shape index (κ2) is 6.67. The summed E-state index contributed by atoms with van der Waals surface area (Å²) in [5, 5.41) is 9.24. The zero-order valence-corrected chi connectivity index (χ0v) is 15.5. The monoisotopic (exact) mass is 373 g/mol. The SMILES string of the molecule is O=C1C[C@@H](c2cccs2)CC2=C1[C@@H](c1ccncc1)Nc1ccccc1N2. The molecule has 0 amide bonds. The van der Waals surface area contributed by atoms with Crippen LogP contribution in [0.25, 0.3) is 0 Å². The minimum Gasteiger partial charge on any atom is -0.372 e. The van der Waals surface area contributed by atoms with Gasteiger partial charge in [0.1, 0.15) is 0 Å². The van der Waals surface area contributed by atoms with Crippen LogP contribution < -0.4 is 10.6 Å². The molecule has 5 rings (SSSR count). The summed E-state index contributed by atoms with van der Waals surface area (Å²) in [5.41, 5.74) is 4.96. The molecule has 3 heterocycles. The summed E-state index contributed by atoms with van der Waals surface area (Å²) in [5.74, 6) is 0.455. The highest BCUT2D eigenvalue weighted by molar-refractivity contribution is 7.10. The van der Waals surface area contributed by atoms with Crippen molar-refractivity contribution in [1.29, 1.82) is 0 Å². The van der Waals surface area contributed by atoms with Gasteiger partial charge in [0.15, 0.2) is 5.78 Å². The van der Waals surface area contributed by atoms with Gasteiger partial charge in [0, 0.05) is 40.9 Å². The van der Waals surface area contributed by atoms with Gasteiger partial charge in [-0.2, -0.15) is 0 Å². The van der Waals surface area contributed by atoms with Gasteiger partial charge < -0.3 is 10.6 Å². The van der Waals surface area contributed by atoms with Crippen LogP contribution in [0.15, 0.2) is 77.6 Å². The number of aromatic nitrogens is 1. The fourth-order valence-electron chi connectivity index (χ4n) is 4.02. The molecule has 4 nitrogen and oxygen atoms in total. The summed E-state index contributed by atoms with van der Waals surface area (Å²) in [6.07, 6.45) is 4.96. The number of nitrogens with zero attached hydrogens (tertiary/aromatic N) is 1. The standard InChI is InChI=1S/C22H19N3OS/c26-19-13-15(20-6-3-11-27-20)12-18-21(19)22(14-7-9-23-10-8-14)25-17-5-2-1-4-16(17)24-18/h1-11,15,22,24-25H,12-13H2/t15-,22+/m0/s1. The number of rotatable bonds is 2. The highest BCUT2D eigenvalue weighted by Crippen LogP contribution is 2.44. The number of hydrogen-bond acceptors (Lipinski definition) is 5. The van der Waals surface area contributed by atoms with Gasteiger partial charge in [0.2, 0.25) is 0 Å². The number of allylic oxidation sites excluding steroid dienone is 1. The number of pyridine rings is 1. The number of nitrogens with one attached hydrogen (secondary N) is 2. The number of anilines is 2. The van der Waals surface area contributed by atoms with Crippen molar-refractivity contribution in [3.05, 3.63) is 88.0 Å². The third kappa shape index (κ3) is 2.94. The first-order valence-electron chi connectivity index (χ1n) is 9.12. The summed E-state index contributed by atoms with van der Waals surface area (Å²) in [4.78, 5) is 18.7. The van der Waals surface area contributed by atoms with Crippen molar-refractivity contribution in [2.75, 3.05) is 10.6 Å². The van der Waals surface area contributed by atoms with Crippen LogP contribution >= 0.6 is 11.3 Å². The van der Waals surface area contributed by atoms with Gasteiger partial charge in [-0.05, 0) is 47.7 Å². The second-order valence-corrected chi connectivity index (χ2v) is 7.94.